The summed E-state index contributed by atoms with van der Waals surface area (Å²) in [6.07, 6.45) is 3.22. The quantitative estimate of drug-likeness (QED) is 0.811. The zero-order chi connectivity index (χ0) is 15.2. The third-order valence-corrected chi connectivity index (χ3v) is 3.29. The molecule has 0 aliphatic rings. The van der Waals surface area contributed by atoms with E-state index in [-0.39, 0.29) is 11.4 Å². The maximum absolute atomic E-state index is 12.5. The molecule has 1 aromatic rings. The lowest BCUT2D eigenvalue weighted by molar-refractivity contribution is -0.136. The molecule has 0 radical (unpaired) electrons. The summed E-state index contributed by atoms with van der Waals surface area (Å²) in [7, 11) is 0. The van der Waals surface area contributed by atoms with Crippen molar-refractivity contribution in [3.05, 3.63) is 48.6 Å². The average molecular weight is 274 g/mol. The Balaban J connectivity index is 2.63. The molecular weight excluding hydrogens is 248 g/mol. The SMILES string of the molecule is C=CCN(C(=O)C(N)CCc1ccccc1)C(C)(C)C. The van der Waals surface area contributed by atoms with Gasteiger partial charge >= 0.3 is 0 Å². The van der Waals surface area contributed by atoms with Gasteiger partial charge in [0.25, 0.3) is 0 Å². The monoisotopic (exact) mass is 274 g/mol. The smallest absolute Gasteiger partial charge is 0.240 e. The molecule has 0 saturated heterocycles. The number of amides is 1. The van der Waals surface area contributed by atoms with Crippen LogP contribution in [0, 0.1) is 0 Å². The van der Waals surface area contributed by atoms with Crippen LogP contribution in [0.4, 0.5) is 0 Å². The van der Waals surface area contributed by atoms with Crippen LogP contribution in [0.25, 0.3) is 0 Å². The predicted molar refractivity (Wildman–Crippen MR) is 84.4 cm³/mol. The fraction of sp³-hybridized carbons (Fsp3) is 0.471. The van der Waals surface area contributed by atoms with Gasteiger partial charge in [-0.1, -0.05) is 36.4 Å². The van der Waals surface area contributed by atoms with Gasteiger partial charge in [-0.15, -0.1) is 6.58 Å². The van der Waals surface area contributed by atoms with Gasteiger partial charge in [0.05, 0.1) is 6.04 Å². The van der Waals surface area contributed by atoms with Crippen LogP contribution in [0.5, 0.6) is 0 Å². The van der Waals surface area contributed by atoms with Gasteiger partial charge in [-0.2, -0.15) is 0 Å². The average Bonchev–Trinajstić information content (AvgIpc) is 2.41. The van der Waals surface area contributed by atoms with Crippen molar-refractivity contribution in [2.45, 2.75) is 45.2 Å². The minimum Gasteiger partial charge on any atom is -0.333 e. The van der Waals surface area contributed by atoms with E-state index >= 15 is 0 Å². The maximum atomic E-state index is 12.5. The van der Waals surface area contributed by atoms with Crippen molar-refractivity contribution >= 4 is 5.91 Å². The van der Waals surface area contributed by atoms with Gasteiger partial charge in [-0.25, -0.2) is 0 Å². The van der Waals surface area contributed by atoms with E-state index in [1.54, 1.807) is 11.0 Å². The predicted octanol–water partition coefficient (Wildman–Crippen LogP) is 2.76. The Hall–Kier alpha value is -1.61. The molecule has 0 fully saturated rings. The topological polar surface area (TPSA) is 46.3 Å². The summed E-state index contributed by atoms with van der Waals surface area (Å²) < 4.78 is 0. The van der Waals surface area contributed by atoms with E-state index in [1.165, 1.54) is 5.56 Å². The molecule has 1 rings (SSSR count). The molecule has 0 aliphatic carbocycles. The van der Waals surface area contributed by atoms with Gasteiger partial charge in [0.1, 0.15) is 0 Å². The normalized spacial score (nSPS) is 12.8. The molecule has 0 spiro atoms. The zero-order valence-corrected chi connectivity index (χ0v) is 12.8. The van der Waals surface area contributed by atoms with Gasteiger partial charge in [0, 0.05) is 12.1 Å². The molecular formula is C17H26N2O. The number of hydrogen-bond donors (Lipinski definition) is 1. The molecule has 20 heavy (non-hydrogen) atoms. The molecule has 0 aromatic heterocycles. The highest BCUT2D eigenvalue weighted by molar-refractivity contribution is 5.82. The second-order valence-corrected chi connectivity index (χ2v) is 6.04. The van der Waals surface area contributed by atoms with Gasteiger partial charge in [-0.05, 0) is 39.2 Å². The number of carbonyl (C=O) groups excluding carboxylic acids is 1. The Morgan fingerprint density at radius 2 is 1.95 bits per heavy atom. The van der Waals surface area contributed by atoms with Gasteiger partial charge in [0.15, 0.2) is 0 Å². The molecule has 1 atom stereocenters. The van der Waals surface area contributed by atoms with Crippen LogP contribution in [0.1, 0.15) is 32.8 Å². The van der Waals surface area contributed by atoms with Crippen molar-refractivity contribution in [1.29, 1.82) is 0 Å². The highest BCUT2D eigenvalue weighted by Crippen LogP contribution is 2.16. The van der Waals surface area contributed by atoms with E-state index in [0.29, 0.717) is 13.0 Å². The number of benzene rings is 1. The van der Waals surface area contributed by atoms with Crippen molar-refractivity contribution in [1.82, 2.24) is 4.90 Å². The fourth-order valence-corrected chi connectivity index (χ4v) is 2.11. The summed E-state index contributed by atoms with van der Waals surface area (Å²) in [4.78, 5) is 14.2. The first kappa shape index (κ1) is 16.4. The number of nitrogens with zero attached hydrogens (tertiary/aromatic N) is 1. The molecule has 1 amide bonds. The van der Waals surface area contributed by atoms with Crippen LogP contribution in [0.15, 0.2) is 43.0 Å². The first-order valence-electron chi connectivity index (χ1n) is 7.08. The Morgan fingerprint density at radius 3 is 2.45 bits per heavy atom. The molecule has 0 heterocycles. The summed E-state index contributed by atoms with van der Waals surface area (Å²) >= 11 is 0. The zero-order valence-electron chi connectivity index (χ0n) is 12.8. The highest BCUT2D eigenvalue weighted by atomic mass is 16.2. The second-order valence-electron chi connectivity index (χ2n) is 6.04. The number of rotatable bonds is 6. The molecule has 110 valence electrons. The van der Waals surface area contributed by atoms with Crippen LogP contribution < -0.4 is 5.73 Å². The number of aryl methyl sites for hydroxylation is 1. The first-order valence-corrected chi connectivity index (χ1v) is 7.08. The number of nitrogens with two attached hydrogens (primary N) is 1. The van der Waals surface area contributed by atoms with E-state index in [1.807, 2.05) is 39.0 Å². The van der Waals surface area contributed by atoms with Crippen molar-refractivity contribution in [2.24, 2.45) is 5.73 Å². The second kappa shape index (κ2) is 7.25. The molecule has 1 unspecified atom stereocenters. The Labute approximate surface area is 122 Å². The Morgan fingerprint density at radius 1 is 1.35 bits per heavy atom. The lowest BCUT2D eigenvalue weighted by Crippen LogP contribution is -2.52. The minimum absolute atomic E-state index is 0.00617. The molecule has 3 heteroatoms. The fourth-order valence-electron chi connectivity index (χ4n) is 2.11. The third-order valence-electron chi connectivity index (χ3n) is 3.29. The van der Waals surface area contributed by atoms with Crippen LogP contribution >= 0.6 is 0 Å². The van der Waals surface area contributed by atoms with Gasteiger partial charge in [0.2, 0.25) is 5.91 Å². The molecule has 0 bridgehead atoms. The summed E-state index contributed by atoms with van der Waals surface area (Å²) in [6.45, 7) is 10.3. The van der Waals surface area contributed by atoms with E-state index in [4.69, 9.17) is 5.73 Å². The van der Waals surface area contributed by atoms with Crippen LogP contribution in [-0.2, 0) is 11.2 Å². The van der Waals surface area contributed by atoms with E-state index in [2.05, 4.69) is 18.7 Å². The first-order chi connectivity index (χ1) is 9.36. The number of hydrogen-bond acceptors (Lipinski definition) is 2. The largest absolute Gasteiger partial charge is 0.333 e. The summed E-state index contributed by atoms with van der Waals surface area (Å²) in [5.41, 5.74) is 7.04. The molecule has 0 saturated carbocycles. The van der Waals surface area contributed by atoms with E-state index in [9.17, 15) is 4.79 Å². The van der Waals surface area contributed by atoms with Crippen molar-refractivity contribution in [2.75, 3.05) is 6.54 Å². The van der Waals surface area contributed by atoms with E-state index < -0.39 is 6.04 Å². The van der Waals surface area contributed by atoms with Gasteiger partial charge in [-0.3, -0.25) is 4.79 Å². The molecule has 2 N–H and O–H groups in total. The summed E-state index contributed by atoms with van der Waals surface area (Å²) in [5, 5.41) is 0. The third kappa shape index (κ3) is 4.82. The van der Waals surface area contributed by atoms with Crippen molar-refractivity contribution < 1.29 is 4.79 Å². The maximum Gasteiger partial charge on any atom is 0.240 e. The standard InChI is InChI=1S/C17H26N2O/c1-5-13-19(17(2,3)4)16(20)15(18)12-11-14-9-7-6-8-10-14/h5-10,15H,1,11-13,18H2,2-4H3. The highest BCUT2D eigenvalue weighted by Gasteiger charge is 2.28. The lowest BCUT2D eigenvalue weighted by atomic mass is 10.0. The lowest BCUT2D eigenvalue weighted by Gasteiger charge is -2.36. The van der Waals surface area contributed by atoms with Crippen molar-refractivity contribution in [3.63, 3.8) is 0 Å². The van der Waals surface area contributed by atoms with Crippen LogP contribution in [0.3, 0.4) is 0 Å². The Bertz CT molecular complexity index is 434. The molecule has 0 aliphatic heterocycles. The van der Waals surface area contributed by atoms with Crippen LogP contribution in [-0.4, -0.2) is 28.9 Å². The molecule has 3 nitrogen and oxygen atoms in total. The minimum atomic E-state index is -0.464. The Kier molecular flexibility index (Phi) is 5.96. The van der Waals surface area contributed by atoms with Crippen molar-refractivity contribution in [3.8, 4) is 0 Å². The van der Waals surface area contributed by atoms with E-state index in [0.717, 1.165) is 6.42 Å². The summed E-state index contributed by atoms with van der Waals surface area (Å²) in [5.74, 6) is -0.00617. The summed E-state index contributed by atoms with van der Waals surface area (Å²) in [6, 6.07) is 9.64. The van der Waals surface area contributed by atoms with Crippen LogP contribution in [0.2, 0.25) is 0 Å². The molecule has 1 aromatic carbocycles. The van der Waals surface area contributed by atoms with Gasteiger partial charge < -0.3 is 10.6 Å². The number of carbonyl (C=O) groups is 1.